The minimum absolute atomic E-state index is 0.0441. The summed E-state index contributed by atoms with van der Waals surface area (Å²) < 4.78 is 53.4. The van der Waals surface area contributed by atoms with Gasteiger partial charge in [0.05, 0.1) is 31.5 Å². The predicted octanol–water partition coefficient (Wildman–Crippen LogP) is 4.63. The smallest absolute Gasteiger partial charge is 0.416 e. The minimum atomic E-state index is -4.47. The van der Waals surface area contributed by atoms with E-state index < -0.39 is 17.6 Å². The van der Waals surface area contributed by atoms with Crippen LogP contribution in [0.1, 0.15) is 15.9 Å². The van der Waals surface area contributed by atoms with E-state index in [0.29, 0.717) is 22.6 Å². The third-order valence-electron chi connectivity index (χ3n) is 3.97. The standard InChI is InChI=1S/C19H15F3N2O4/c1-26-15-8-5-12(9-16(15)27-2)14-10-23-28-18(14)24-17(25)11-3-6-13(7-4-11)19(20,21)22/h3-10H,1-2H3,(H,24,25). The van der Waals surface area contributed by atoms with Crippen molar-refractivity contribution in [3.05, 3.63) is 59.8 Å². The van der Waals surface area contributed by atoms with Gasteiger partial charge in [0.2, 0.25) is 5.88 Å². The zero-order valence-corrected chi connectivity index (χ0v) is 14.8. The summed E-state index contributed by atoms with van der Waals surface area (Å²) in [6, 6.07) is 8.94. The molecule has 0 spiro atoms. The van der Waals surface area contributed by atoms with Crippen molar-refractivity contribution in [1.82, 2.24) is 5.16 Å². The molecule has 3 aromatic rings. The first-order chi connectivity index (χ1) is 13.3. The zero-order valence-electron chi connectivity index (χ0n) is 14.8. The molecule has 0 saturated heterocycles. The number of benzene rings is 2. The van der Waals surface area contributed by atoms with Crippen LogP contribution in [0, 0.1) is 0 Å². The molecule has 9 heteroatoms. The molecule has 0 unspecified atom stereocenters. The van der Waals surface area contributed by atoms with Gasteiger partial charge in [0.25, 0.3) is 5.91 Å². The average molecular weight is 392 g/mol. The monoisotopic (exact) mass is 392 g/mol. The summed E-state index contributed by atoms with van der Waals surface area (Å²) in [6.07, 6.45) is -3.07. The lowest BCUT2D eigenvalue weighted by atomic mass is 10.1. The van der Waals surface area contributed by atoms with Crippen molar-refractivity contribution in [2.24, 2.45) is 0 Å². The number of anilines is 1. The third kappa shape index (κ3) is 3.93. The van der Waals surface area contributed by atoms with E-state index in [4.69, 9.17) is 14.0 Å². The highest BCUT2D eigenvalue weighted by molar-refractivity contribution is 6.05. The number of hydrogen-bond acceptors (Lipinski definition) is 5. The largest absolute Gasteiger partial charge is 0.493 e. The Morgan fingerprint density at radius 2 is 1.71 bits per heavy atom. The predicted molar refractivity (Wildman–Crippen MR) is 94.4 cm³/mol. The van der Waals surface area contributed by atoms with Crippen LogP contribution in [0.4, 0.5) is 19.1 Å². The molecule has 0 aliphatic carbocycles. The van der Waals surface area contributed by atoms with Crippen LogP contribution >= 0.6 is 0 Å². The number of ether oxygens (including phenoxy) is 2. The van der Waals surface area contributed by atoms with E-state index in [0.717, 1.165) is 24.3 Å². The molecule has 0 saturated carbocycles. The molecule has 1 heterocycles. The molecule has 3 rings (SSSR count). The maximum Gasteiger partial charge on any atom is 0.416 e. The number of nitrogens with zero attached hydrogens (tertiary/aromatic N) is 1. The summed E-state index contributed by atoms with van der Waals surface area (Å²) in [7, 11) is 3.00. The van der Waals surface area contributed by atoms with Gasteiger partial charge < -0.3 is 14.0 Å². The molecule has 146 valence electrons. The number of carbonyl (C=O) groups excluding carboxylic acids is 1. The molecule has 0 atom stereocenters. The Hall–Kier alpha value is -3.49. The fraction of sp³-hybridized carbons (Fsp3) is 0.158. The second-order valence-corrected chi connectivity index (χ2v) is 5.67. The second kappa shape index (κ2) is 7.63. The molecule has 0 aliphatic rings. The van der Waals surface area contributed by atoms with Crippen LogP contribution in [-0.4, -0.2) is 25.3 Å². The van der Waals surface area contributed by atoms with Gasteiger partial charge in [0.15, 0.2) is 11.5 Å². The number of halogens is 3. The number of nitrogens with one attached hydrogen (secondary N) is 1. The molecule has 1 aromatic heterocycles. The summed E-state index contributed by atoms with van der Waals surface area (Å²) in [5, 5.41) is 6.19. The molecule has 28 heavy (non-hydrogen) atoms. The van der Waals surface area contributed by atoms with Gasteiger partial charge in [0.1, 0.15) is 0 Å². The van der Waals surface area contributed by atoms with E-state index in [-0.39, 0.29) is 11.4 Å². The van der Waals surface area contributed by atoms with Crippen LogP contribution in [-0.2, 0) is 6.18 Å². The molecule has 2 aromatic carbocycles. The SMILES string of the molecule is COc1ccc(-c2cnoc2NC(=O)c2ccc(C(F)(F)F)cc2)cc1OC. The minimum Gasteiger partial charge on any atom is -0.493 e. The van der Waals surface area contributed by atoms with Crippen molar-refractivity contribution in [2.45, 2.75) is 6.18 Å². The van der Waals surface area contributed by atoms with E-state index in [1.165, 1.54) is 20.4 Å². The molecule has 0 aliphatic heterocycles. The second-order valence-electron chi connectivity index (χ2n) is 5.67. The van der Waals surface area contributed by atoms with Crippen molar-refractivity contribution in [1.29, 1.82) is 0 Å². The van der Waals surface area contributed by atoms with Crippen molar-refractivity contribution in [2.75, 3.05) is 19.5 Å². The van der Waals surface area contributed by atoms with Gasteiger partial charge in [0, 0.05) is 5.56 Å². The quantitative estimate of drug-likeness (QED) is 0.685. The Morgan fingerprint density at radius 3 is 2.32 bits per heavy atom. The first-order valence-electron chi connectivity index (χ1n) is 7.99. The van der Waals surface area contributed by atoms with Crippen molar-refractivity contribution in [3.63, 3.8) is 0 Å². The Balaban J connectivity index is 1.83. The summed E-state index contributed by atoms with van der Waals surface area (Å²) >= 11 is 0. The maximum absolute atomic E-state index is 12.6. The van der Waals surface area contributed by atoms with E-state index in [1.54, 1.807) is 18.2 Å². The highest BCUT2D eigenvalue weighted by Gasteiger charge is 2.30. The Labute approximate surface area is 157 Å². The normalized spacial score (nSPS) is 11.2. The van der Waals surface area contributed by atoms with Crippen LogP contribution in [0.3, 0.4) is 0 Å². The summed E-state index contributed by atoms with van der Waals surface area (Å²) in [4.78, 5) is 12.4. The highest BCUT2D eigenvalue weighted by Crippen LogP contribution is 2.35. The topological polar surface area (TPSA) is 73.6 Å². The number of alkyl halides is 3. The van der Waals surface area contributed by atoms with Crippen LogP contribution < -0.4 is 14.8 Å². The third-order valence-corrected chi connectivity index (χ3v) is 3.97. The number of aromatic nitrogens is 1. The van der Waals surface area contributed by atoms with Gasteiger partial charge in [-0.3, -0.25) is 10.1 Å². The van der Waals surface area contributed by atoms with Gasteiger partial charge >= 0.3 is 6.18 Å². The summed E-state index contributed by atoms with van der Waals surface area (Å²) in [5.74, 6) is 0.420. The fourth-order valence-electron chi connectivity index (χ4n) is 2.52. The first kappa shape index (κ1) is 19.3. The number of hydrogen-bond donors (Lipinski definition) is 1. The molecular formula is C19H15F3N2O4. The number of carbonyl (C=O) groups is 1. The maximum atomic E-state index is 12.6. The van der Waals surface area contributed by atoms with Gasteiger partial charge in [-0.1, -0.05) is 11.2 Å². The average Bonchev–Trinajstić information content (AvgIpc) is 3.14. The lowest BCUT2D eigenvalue weighted by Gasteiger charge is -2.10. The fourth-order valence-corrected chi connectivity index (χ4v) is 2.52. The van der Waals surface area contributed by atoms with Crippen LogP contribution in [0.15, 0.2) is 53.2 Å². The van der Waals surface area contributed by atoms with Gasteiger partial charge in [-0.2, -0.15) is 13.2 Å². The van der Waals surface area contributed by atoms with Crippen LogP contribution in [0.5, 0.6) is 11.5 Å². The highest BCUT2D eigenvalue weighted by atomic mass is 19.4. The van der Waals surface area contributed by atoms with Gasteiger partial charge in [-0.15, -0.1) is 0 Å². The molecule has 1 N–H and O–H groups in total. The first-order valence-corrected chi connectivity index (χ1v) is 7.99. The molecule has 0 radical (unpaired) electrons. The molecule has 0 bridgehead atoms. The van der Waals surface area contributed by atoms with E-state index in [1.807, 2.05) is 0 Å². The van der Waals surface area contributed by atoms with E-state index in [9.17, 15) is 18.0 Å². The van der Waals surface area contributed by atoms with Gasteiger partial charge in [-0.05, 0) is 42.0 Å². The van der Waals surface area contributed by atoms with Gasteiger partial charge in [-0.25, -0.2) is 0 Å². The van der Waals surface area contributed by atoms with Crippen LogP contribution in [0.2, 0.25) is 0 Å². The number of rotatable bonds is 5. The molecule has 0 fully saturated rings. The summed E-state index contributed by atoms with van der Waals surface area (Å²) in [6.45, 7) is 0. The Kier molecular flexibility index (Phi) is 5.25. The van der Waals surface area contributed by atoms with Crippen LogP contribution in [0.25, 0.3) is 11.1 Å². The van der Waals surface area contributed by atoms with E-state index in [2.05, 4.69) is 10.5 Å². The van der Waals surface area contributed by atoms with Crippen molar-refractivity contribution in [3.8, 4) is 22.6 Å². The van der Waals surface area contributed by atoms with Crippen molar-refractivity contribution < 1.29 is 32.0 Å². The lowest BCUT2D eigenvalue weighted by Crippen LogP contribution is -2.13. The number of amides is 1. The molecule has 1 amide bonds. The zero-order chi connectivity index (χ0) is 20.3. The Bertz CT molecular complexity index is 982. The molecular weight excluding hydrogens is 377 g/mol. The molecule has 6 nitrogen and oxygen atoms in total. The number of methoxy groups -OCH3 is 2. The van der Waals surface area contributed by atoms with Crippen molar-refractivity contribution >= 4 is 11.8 Å². The Morgan fingerprint density at radius 1 is 1.04 bits per heavy atom. The lowest BCUT2D eigenvalue weighted by molar-refractivity contribution is -0.137. The summed E-state index contributed by atoms with van der Waals surface area (Å²) in [5.41, 5.74) is 0.320. The van der Waals surface area contributed by atoms with E-state index >= 15 is 0 Å².